The SMILES string of the molecule is CCOCC(NS(=O)(=O)c1cc(CO)sc1C)C(C)C. The number of ether oxygens (including phenoxy) is 1. The minimum absolute atomic E-state index is 0.132. The molecule has 1 unspecified atom stereocenters. The molecule has 20 heavy (non-hydrogen) atoms. The molecule has 0 aliphatic carbocycles. The van der Waals surface area contributed by atoms with Crippen LogP contribution in [0, 0.1) is 12.8 Å². The molecule has 0 amide bonds. The average molecular weight is 321 g/mol. The molecule has 0 radical (unpaired) electrons. The van der Waals surface area contributed by atoms with Crippen LogP contribution >= 0.6 is 11.3 Å². The largest absolute Gasteiger partial charge is 0.391 e. The van der Waals surface area contributed by atoms with Gasteiger partial charge in [-0.2, -0.15) is 0 Å². The number of nitrogens with one attached hydrogen (secondary N) is 1. The molecule has 2 N–H and O–H groups in total. The van der Waals surface area contributed by atoms with Crippen molar-refractivity contribution in [3.8, 4) is 0 Å². The fourth-order valence-electron chi connectivity index (χ4n) is 1.74. The van der Waals surface area contributed by atoms with E-state index in [1.807, 2.05) is 20.8 Å². The van der Waals surface area contributed by atoms with Gasteiger partial charge < -0.3 is 9.84 Å². The maximum atomic E-state index is 12.4. The van der Waals surface area contributed by atoms with Crippen molar-refractivity contribution in [2.45, 2.75) is 45.2 Å². The highest BCUT2D eigenvalue weighted by Crippen LogP contribution is 2.26. The molecule has 1 aromatic rings. The molecule has 0 spiro atoms. The Morgan fingerprint density at radius 3 is 2.55 bits per heavy atom. The smallest absolute Gasteiger partial charge is 0.242 e. The van der Waals surface area contributed by atoms with Gasteiger partial charge in [-0.05, 0) is 25.8 Å². The summed E-state index contributed by atoms with van der Waals surface area (Å²) in [5, 5.41) is 9.10. The lowest BCUT2D eigenvalue weighted by atomic mass is 10.1. The Balaban J connectivity index is 2.94. The van der Waals surface area contributed by atoms with Crippen molar-refractivity contribution < 1.29 is 18.3 Å². The van der Waals surface area contributed by atoms with Gasteiger partial charge in [0.1, 0.15) is 0 Å². The van der Waals surface area contributed by atoms with Crippen molar-refractivity contribution in [1.29, 1.82) is 0 Å². The standard InChI is InChI=1S/C13H23NO4S2/c1-5-18-8-12(9(2)3)14-20(16,17)13-6-11(7-15)19-10(13)4/h6,9,12,14-15H,5,7-8H2,1-4H3. The zero-order chi connectivity index (χ0) is 15.3. The van der Waals surface area contributed by atoms with E-state index in [4.69, 9.17) is 9.84 Å². The van der Waals surface area contributed by atoms with E-state index in [1.54, 1.807) is 6.92 Å². The number of aliphatic hydroxyl groups excluding tert-OH is 1. The molecule has 116 valence electrons. The average Bonchev–Trinajstić information content (AvgIpc) is 2.76. The van der Waals surface area contributed by atoms with Gasteiger partial charge in [0.2, 0.25) is 10.0 Å². The molecule has 0 saturated carbocycles. The molecule has 0 aliphatic rings. The van der Waals surface area contributed by atoms with Gasteiger partial charge >= 0.3 is 0 Å². The highest BCUT2D eigenvalue weighted by Gasteiger charge is 2.25. The number of aryl methyl sites for hydroxylation is 1. The van der Waals surface area contributed by atoms with E-state index in [0.29, 0.717) is 23.0 Å². The first kappa shape index (κ1) is 17.6. The summed E-state index contributed by atoms with van der Waals surface area (Å²) in [5.74, 6) is 0.132. The van der Waals surface area contributed by atoms with E-state index < -0.39 is 10.0 Å². The van der Waals surface area contributed by atoms with Gasteiger partial charge in [0.15, 0.2) is 0 Å². The molecule has 0 aliphatic heterocycles. The molecule has 0 fully saturated rings. The second kappa shape index (κ2) is 7.51. The second-order valence-corrected chi connectivity index (χ2v) is 7.95. The highest BCUT2D eigenvalue weighted by atomic mass is 32.2. The van der Waals surface area contributed by atoms with Gasteiger partial charge in [-0.3, -0.25) is 0 Å². The van der Waals surface area contributed by atoms with Crippen LogP contribution in [0.25, 0.3) is 0 Å². The predicted octanol–water partition coefficient (Wildman–Crippen LogP) is 1.89. The van der Waals surface area contributed by atoms with Crippen LogP contribution in [0.1, 0.15) is 30.5 Å². The van der Waals surface area contributed by atoms with Gasteiger partial charge in [-0.25, -0.2) is 13.1 Å². The molecule has 0 saturated heterocycles. The zero-order valence-corrected chi connectivity index (χ0v) is 14.0. The topological polar surface area (TPSA) is 75.6 Å². The van der Waals surface area contributed by atoms with Gasteiger partial charge in [0.25, 0.3) is 0 Å². The van der Waals surface area contributed by atoms with Crippen LogP contribution in [0.4, 0.5) is 0 Å². The van der Waals surface area contributed by atoms with Crippen LogP contribution < -0.4 is 4.72 Å². The van der Waals surface area contributed by atoms with Crippen LogP contribution in [0.3, 0.4) is 0 Å². The summed E-state index contributed by atoms with van der Waals surface area (Å²) < 4.78 is 32.9. The van der Waals surface area contributed by atoms with Gasteiger partial charge in [0.05, 0.1) is 18.1 Å². The van der Waals surface area contributed by atoms with Gasteiger partial charge in [-0.1, -0.05) is 13.8 Å². The Morgan fingerprint density at radius 1 is 1.45 bits per heavy atom. The van der Waals surface area contributed by atoms with Crippen LogP contribution in [-0.4, -0.2) is 32.8 Å². The van der Waals surface area contributed by atoms with Crippen LogP contribution in [0.5, 0.6) is 0 Å². The fraction of sp³-hybridized carbons (Fsp3) is 0.692. The lowest BCUT2D eigenvalue weighted by molar-refractivity contribution is 0.116. The quantitative estimate of drug-likeness (QED) is 0.766. The number of hydrogen-bond donors (Lipinski definition) is 2. The Morgan fingerprint density at radius 2 is 2.10 bits per heavy atom. The van der Waals surface area contributed by atoms with Crippen molar-refractivity contribution in [3.63, 3.8) is 0 Å². The number of rotatable bonds is 8. The first-order valence-corrected chi connectivity index (χ1v) is 8.92. The molecule has 5 nitrogen and oxygen atoms in total. The van der Waals surface area contributed by atoms with Crippen LogP contribution in [0.15, 0.2) is 11.0 Å². The summed E-state index contributed by atoms with van der Waals surface area (Å²) in [6.45, 7) is 8.28. The lowest BCUT2D eigenvalue weighted by Gasteiger charge is -2.21. The first-order chi connectivity index (χ1) is 9.31. The number of aliphatic hydroxyl groups is 1. The van der Waals surface area contributed by atoms with Crippen molar-refractivity contribution in [3.05, 3.63) is 15.8 Å². The van der Waals surface area contributed by atoms with Crippen LogP contribution in [0.2, 0.25) is 0 Å². The monoisotopic (exact) mass is 321 g/mol. The Kier molecular flexibility index (Phi) is 6.60. The molecule has 1 atom stereocenters. The number of sulfonamides is 1. The minimum atomic E-state index is -3.59. The van der Waals surface area contributed by atoms with Gasteiger partial charge in [-0.15, -0.1) is 11.3 Å². The molecule has 1 heterocycles. The summed E-state index contributed by atoms with van der Waals surface area (Å²) in [4.78, 5) is 1.57. The maximum Gasteiger partial charge on any atom is 0.242 e. The number of thiophene rings is 1. The summed E-state index contributed by atoms with van der Waals surface area (Å²) in [5.41, 5.74) is 0. The fourth-order valence-corrected chi connectivity index (χ4v) is 4.60. The first-order valence-electron chi connectivity index (χ1n) is 6.62. The van der Waals surface area contributed by atoms with E-state index in [0.717, 1.165) is 0 Å². The summed E-state index contributed by atoms with van der Waals surface area (Å²) in [6.07, 6.45) is 0. The zero-order valence-electron chi connectivity index (χ0n) is 12.3. The molecular formula is C13H23NO4S2. The van der Waals surface area contributed by atoms with Crippen molar-refractivity contribution in [2.75, 3.05) is 13.2 Å². The summed E-state index contributed by atoms with van der Waals surface area (Å²) >= 11 is 1.29. The molecule has 1 rings (SSSR count). The normalized spacial score (nSPS) is 13.9. The molecule has 7 heteroatoms. The predicted molar refractivity (Wildman–Crippen MR) is 80.4 cm³/mol. The summed E-state index contributed by atoms with van der Waals surface area (Å²) in [7, 11) is -3.59. The summed E-state index contributed by atoms with van der Waals surface area (Å²) in [6, 6.07) is 1.26. The third-order valence-electron chi connectivity index (χ3n) is 2.98. The lowest BCUT2D eigenvalue weighted by Crippen LogP contribution is -2.41. The highest BCUT2D eigenvalue weighted by molar-refractivity contribution is 7.89. The Bertz CT molecular complexity index is 522. The Labute approximate surface area is 125 Å². The van der Waals surface area contributed by atoms with Crippen molar-refractivity contribution in [1.82, 2.24) is 4.72 Å². The third kappa shape index (κ3) is 4.53. The van der Waals surface area contributed by atoms with E-state index in [9.17, 15) is 8.42 Å². The van der Waals surface area contributed by atoms with E-state index in [1.165, 1.54) is 17.4 Å². The number of hydrogen-bond acceptors (Lipinski definition) is 5. The molecular weight excluding hydrogens is 298 g/mol. The molecule has 1 aromatic heterocycles. The van der Waals surface area contributed by atoms with E-state index in [2.05, 4.69) is 4.72 Å². The maximum absolute atomic E-state index is 12.4. The van der Waals surface area contributed by atoms with E-state index >= 15 is 0 Å². The molecule has 0 aromatic carbocycles. The molecule has 0 bridgehead atoms. The van der Waals surface area contributed by atoms with Crippen molar-refractivity contribution >= 4 is 21.4 Å². The minimum Gasteiger partial charge on any atom is -0.391 e. The van der Waals surface area contributed by atoms with Gasteiger partial charge in [0, 0.05) is 22.4 Å². The van der Waals surface area contributed by atoms with E-state index in [-0.39, 0.29) is 23.5 Å². The van der Waals surface area contributed by atoms with Crippen molar-refractivity contribution in [2.24, 2.45) is 5.92 Å². The Hall–Kier alpha value is -0.470. The second-order valence-electron chi connectivity index (χ2n) is 4.92. The van der Waals surface area contributed by atoms with Crippen LogP contribution in [-0.2, 0) is 21.4 Å². The third-order valence-corrected chi connectivity index (χ3v) is 5.76.